The van der Waals surface area contributed by atoms with Crippen LogP contribution in [0.4, 0.5) is 0 Å². The lowest BCUT2D eigenvalue weighted by atomic mass is 9.80. The first-order valence-corrected chi connectivity index (χ1v) is 5.54. The summed E-state index contributed by atoms with van der Waals surface area (Å²) in [6.07, 6.45) is 4.18. The molecule has 84 valence electrons. The number of rotatable bonds is 4. The van der Waals surface area contributed by atoms with Crippen molar-refractivity contribution < 1.29 is 10.0 Å². The topological polar surface area (TPSA) is 58.3 Å². The number of hydrogen-bond acceptors (Lipinski definition) is 3. The molecule has 0 atom stereocenters. The van der Waals surface area contributed by atoms with Crippen LogP contribution in [0.15, 0.2) is 24.4 Å². The highest BCUT2D eigenvalue weighted by Crippen LogP contribution is 2.10. The minimum Gasteiger partial charge on any atom is -0.423 e. The van der Waals surface area contributed by atoms with Crippen LogP contribution in [0.3, 0.4) is 0 Å². The Labute approximate surface area is 94.7 Å². The molecule has 5 heteroatoms. The Balaban J connectivity index is 2.30. The van der Waals surface area contributed by atoms with Crippen LogP contribution in [0.25, 0.3) is 10.9 Å². The molecule has 0 amide bonds. The molecule has 0 aliphatic rings. The average molecular weight is 218 g/mol. The third-order valence-electron chi connectivity index (χ3n) is 2.61. The summed E-state index contributed by atoms with van der Waals surface area (Å²) >= 11 is 0. The quantitative estimate of drug-likeness (QED) is 0.735. The van der Waals surface area contributed by atoms with Gasteiger partial charge in [0.05, 0.1) is 5.52 Å². The van der Waals surface area contributed by atoms with E-state index in [1.807, 2.05) is 16.9 Å². The lowest BCUT2D eigenvalue weighted by molar-refractivity contribution is 0.426. The normalized spacial score (nSPS) is 10.9. The summed E-state index contributed by atoms with van der Waals surface area (Å²) in [6.45, 7) is 3.05. The third-order valence-corrected chi connectivity index (χ3v) is 2.61. The SMILES string of the molecule is CCCCn1cc2cc(B(O)O)ccc2n1. The molecule has 0 unspecified atom stereocenters. The van der Waals surface area contributed by atoms with E-state index in [0.717, 1.165) is 30.3 Å². The van der Waals surface area contributed by atoms with Crippen molar-refractivity contribution in [2.75, 3.05) is 0 Å². The van der Waals surface area contributed by atoms with E-state index in [4.69, 9.17) is 10.0 Å². The van der Waals surface area contributed by atoms with Gasteiger partial charge in [-0.25, -0.2) is 0 Å². The molecule has 0 bridgehead atoms. The summed E-state index contributed by atoms with van der Waals surface area (Å²) in [4.78, 5) is 0. The third kappa shape index (κ3) is 2.26. The predicted octanol–water partition coefficient (Wildman–Crippen LogP) is 0.516. The Morgan fingerprint density at radius 1 is 1.38 bits per heavy atom. The minimum atomic E-state index is -1.41. The van der Waals surface area contributed by atoms with E-state index < -0.39 is 7.12 Å². The second-order valence-electron chi connectivity index (χ2n) is 3.94. The Bertz CT molecular complexity index is 482. The van der Waals surface area contributed by atoms with E-state index in [9.17, 15) is 0 Å². The number of fused-ring (bicyclic) bond motifs is 1. The second kappa shape index (κ2) is 4.68. The first kappa shape index (κ1) is 11.2. The highest BCUT2D eigenvalue weighted by atomic mass is 16.4. The molecule has 0 spiro atoms. The van der Waals surface area contributed by atoms with Crippen molar-refractivity contribution in [2.24, 2.45) is 0 Å². The molecule has 16 heavy (non-hydrogen) atoms. The smallest absolute Gasteiger partial charge is 0.423 e. The molecule has 1 aromatic carbocycles. The summed E-state index contributed by atoms with van der Waals surface area (Å²) in [5, 5.41) is 23.5. The number of nitrogens with zero attached hydrogens (tertiary/aromatic N) is 2. The molecule has 0 radical (unpaired) electrons. The fraction of sp³-hybridized carbons (Fsp3) is 0.364. The second-order valence-corrected chi connectivity index (χ2v) is 3.94. The van der Waals surface area contributed by atoms with Crippen LogP contribution in [-0.2, 0) is 6.54 Å². The highest BCUT2D eigenvalue weighted by Gasteiger charge is 2.11. The molecule has 2 N–H and O–H groups in total. The molecule has 1 aromatic heterocycles. The first-order chi connectivity index (χ1) is 7.70. The van der Waals surface area contributed by atoms with Gasteiger partial charge < -0.3 is 10.0 Å². The average Bonchev–Trinajstić information content (AvgIpc) is 2.67. The molecule has 0 aliphatic carbocycles. The molecule has 2 aromatic rings. The van der Waals surface area contributed by atoms with Crippen LogP contribution in [0.1, 0.15) is 19.8 Å². The zero-order valence-electron chi connectivity index (χ0n) is 9.30. The van der Waals surface area contributed by atoms with Gasteiger partial charge in [0.2, 0.25) is 0 Å². The molecular weight excluding hydrogens is 203 g/mol. The Hall–Kier alpha value is -1.33. The van der Waals surface area contributed by atoms with Gasteiger partial charge in [-0.05, 0) is 17.9 Å². The molecular formula is C11H15BN2O2. The van der Waals surface area contributed by atoms with Gasteiger partial charge >= 0.3 is 7.12 Å². The molecule has 1 heterocycles. The predicted molar refractivity (Wildman–Crippen MR) is 64.5 cm³/mol. The van der Waals surface area contributed by atoms with Crippen LogP contribution >= 0.6 is 0 Å². The van der Waals surface area contributed by atoms with Gasteiger partial charge in [-0.15, -0.1) is 0 Å². The van der Waals surface area contributed by atoms with Gasteiger partial charge in [0.15, 0.2) is 0 Å². The number of aromatic nitrogens is 2. The first-order valence-electron chi connectivity index (χ1n) is 5.54. The van der Waals surface area contributed by atoms with Crippen LogP contribution < -0.4 is 5.46 Å². The summed E-state index contributed by atoms with van der Waals surface area (Å²) in [6, 6.07) is 5.26. The van der Waals surface area contributed by atoms with Gasteiger partial charge in [-0.1, -0.05) is 25.5 Å². The molecule has 0 aliphatic heterocycles. The van der Waals surface area contributed by atoms with Crippen LogP contribution in [0, 0.1) is 0 Å². The van der Waals surface area contributed by atoms with Crippen LogP contribution in [0.5, 0.6) is 0 Å². The lowest BCUT2D eigenvalue weighted by Gasteiger charge is -1.96. The van der Waals surface area contributed by atoms with Gasteiger partial charge in [-0.2, -0.15) is 5.10 Å². The fourth-order valence-corrected chi connectivity index (χ4v) is 1.69. The number of benzene rings is 1. The van der Waals surface area contributed by atoms with Gasteiger partial charge in [0, 0.05) is 18.1 Å². The maximum absolute atomic E-state index is 9.06. The molecule has 2 rings (SSSR count). The van der Waals surface area contributed by atoms with Gasteiger partial charge in [0.1, 0.15) is 0 Å². The number of aryl methyl sites for hydroxylation is 1. The minimum absolute atomic E-state index is 0.502. The standard InChI is InChI=1S/C11H15BN2O2/c1-2-3-6-14-8-9-7-10(12(15)16)4-5-11(9)13-14/h4-5,7-8,15-16H,2-3,6H2,1H3. The molecule has 0 saturated heterocycles. The lowest BCUT2D eigenvalue weighted by Crippen LogP contribution is -2.29. The molecule has 0 saturated carbocycles. The van der Waals surface area contributed by atoms with Crippen molar-refractivity contribution in [2.45, 2.75) is 26.3 Å². The maximum atomic E-state index is 9.06. The van der Waals surface area contributed by atoms with Crippen molar-refractivity contribution in [1.82, 2.24) is 9.78 Å². The van der Waals surface area contributed by atoms with Gasteiger partial charge in [0.25, 0.3) is 0 Å². The van der Waals surface area contributed by atoms with E-state index in [2.05, 4.69) is 12.0 Å². The van der Waals surface area contributed by atoms with Gasteiger partial charge in [-0.3, -0.25) is 4.68 Å². The summed E-state index contributed by atoms with van der Waals surface area (Å²) < 4.78 is 1.90. The fourth-order valence-electron chi connectivity index (χ4n) is 1.69. The molecule has 0 fully saturated rings. The van der Waals surface area contributed by atoms with E-state index in [0.29, 0.717) is 5.46 Å². The summed E-state index contributed by atoms with van der Waals surface area (Å²) in [7, 11) is -1.41. The zero-order valence-corrected chi connectivity index (χ0v) is 9.30. The Kier molecular flexibility index (Phi) is 3.26. The monoisotopic (exact) mass is 218 g/mol. The van der Waals surface area contributed by atoms with E-state index >= 15 is 0 Å². The Morgan fingerprint density at radius 3 is 2.88 bits per heavy atom. The highest BCUT2D eigenvalue weighted by molar-refractivity contribution is 6.58. The van der Waals surface area contributed by atoms with Crippen molar-refractivity contribution in [1.29, 1.82) is 0 Å². The van der Waals surface area contributed by atoms with Crippen molar-refractivity contribution >= 4 is 23.5 Å². The van der Waals surface area contributed by atoms with Crippen LogP contribution in [-0.4, -0.2) is 26.9 Å². The Morgan fingerprint density at radius 2 is 2.19 bits per heavy atom. The van der Waals surface area contributed by atoms with E-state index in [1.165, 1.54) is 0 Å². The van der Waals surface area contributed by atoms with Crippen molar-refractivity contribution in [3.8, 4) is 0 Å². The number of unbranched alkanes of at least 4 members (excludes halogenated alkanes) is 1. The maximum Gasteiger partial charge on any atom is 0.488 e. The van der Waals surface area contributed by atoms with Crippen LogP contribution in [0.2, 0.25) is 0 Å². The van der Waals surface area contributed by atoms with Crippen molar-refractivity contribution in [3.63, 3.8) is 0 Å². The zero-order chi connectivity index (χ0) is 11.5. The van der Waals surface area contributed by atoms with E-state index in [1.54, 1.807) is 12.1 Å². The molecule has 4 nitrogen and oxygen atoms in total. The summed E-state index contributed by atoms with van der Waals surface area (Å²) in [5.74, 6) is 0. The summed E-state index contributed by atoms with van der Waals surface area (Å²) in [5.41, 5.74) is 1.39. The van der Waals surface area contributed by atoms with Crippen molar-refractivity contribution in [3.05, 3.63) is 24.4 Å². The number of hydrogen-bond donors (Lipinski definition) is 2. The largest absolute Gasteiger partial charge is 0.488 e. The van der Waals surface area contributed by atoms with E-state index in [-0.39, 0.29) is 0 Å².